The largest absolute Gasteiger partial charge is 0.416 e. The fraction of sp³-hybridized carbons (Fsp3) is 0.270. The van der Waals surface area contributed by atoms with Crippen LogP contribution >= 0.6 is 11.8 Å². The fourth-order valence-corrected chi connectivity index (χ4v) is 7.08. The first-order valence-electron chi connectivity index (χ1n) is 15.7. The Morgan fingerprint density at radius 3 is 2.09 bits per heavy atom. The van der Waals surface area contributed by atoms with E-state index in [0.29, 0.717) is 54.2 Å². The first-order chi connectivity index (χ1) is 22.8. The van der Waals surface area contributed by atoms with Gasteiger partial charge in [-0.1, -0.05) is 90.6 Å². The lowest BCUT2D eigenvalue weighted by molar-refractivity contribution is -0.137. The van der Waals surface area contributed by atoms with E-state index >= 15 is 0 Å². The number of piperazine rings is 1. The van der Waals surface area contributed by atoms with Crippen LogP contribution in [0.2, 0.25) is 0 Å². The Morgan fingerprint density at radius 2 is 1.43 bits per heavy atom. The molecule has 10 heteroatoms. The third-order valence-electron chi connectivity index (χ3n) is 8.46. The molecule has 1 amide bonds. The van der Waals surface area contributed by atoms with Crippen molar-refractivity contribution in [2.75, 3.05) is 31.9 Å². The Balaban J connectivity index is 1.06. The van der Waals surface area contributed by atoms with Gasteiger partial charge in [0, 0.05) is 38.4 Å². The van der Waals surface area contributed by atoms with Gasteiger partial charge in [0.05, 0.1) is 28.2 Å². The van der Waals surface area contributed by atoms with Gasteiger partial charge < -0.3 is 4.90 Å². The fourth-order valence-electron chi connectivity index (χ4n) is 6.07. The number of carbonyl (C=O) groups excluding carboxylic acids is 1. The van der Waals surface area contributed by atoms with Crippen LogP contribution in [0.3, 0.4) is 0 Å². The Labute approximate surface area is 275 Å². The van der Waals surface area contributed by atoms with Gasteiger partial charge >= 0.3 is 6.18 Å². The van der Waals surface area contributed by atoms with Crippen LogP contribution in [0.25, 0.3) is 16.6 Å². The van der Waals surface area contributed by atoms with Crippen LogP contribution in [-0.4, -0.2) is 57.2 Å². The van der Waals surface area contributed by atoms with Crippen molar-refractivity contribution in [3.05, 3.63) is 136 Å². The molecule has 5 aromatic rings. The molecule has 1 saturated heterocycles. The minimum absolute atomic E-state index is 0.113. The molecule has 4 aromatic carbocycles. The quantitative estimate of drug-likeness (QED) is 0.0881. The smallest absolute Gasteiger partial charge is 0.340 e. The van der Waals surface area contributed by atoms with E-state index in [1.807, 2.05) is 17.0 Å². The van der Waals surface area contributed by atoms with E-state index in [-0.39, 0.29) is 17.6 Å². The van der Waals surface area contributed by atoms with Gasteiger partial charge in [0.15, 0.2) is 5.16 Å². The average molecular weight is 657 g/mol. The molecule has 2 heterocycles. The zero-order valence-corrected chi connectivity index (χ0v) is 26.6. The van der Waals surface area contributed by atoms with Gasteiger partial charge in [-0.15, -0.1) is 0 Å². The van der Waals surface area contributed by atoms with Crippen molar-refractivity contribution >= 4 is 28.6 Å². The highest BCUT2D eigenvalue weighted by Crippen LogP contribution is 2.32. The number of rotatable bonds is 10. The summed E-state index contributed by atoms with van der Waals surface area (Å²) in [6.45, 7) is 2.87. The summed E-state index contributed by atoms with van der Waals surface area (Å²) in [5.74, 6) is 0.677. The second kappa shape index (κ2) is 14.6. The van der Waals surface area contributed by atoms with Crippen LogP contribution in [0.4, 0.5) is 13.2 Å². The molecule has 6 nitrogen and oxygen atoms in total. The first kappa shape index (κ1) is 32.5. The Morgan fingerprint density at radius 1 is 0.787 bits per heavy atom. The predicted octanol–water partition coefficient (Wildman–Crippen LogP) is 7.60. The molecule has 0 spiro atoms. The molecule has 0 unspecified atom stereocenters. The highest BCUT2D eigenvalue weighted by molar-refractivity contribution is 7.99. The second-order valence-corrected chi connectivity index (χ2v) is 12.6. The van der Waals surface area contributed by atoms with Crippen molar-refractivity contribution < 1.29 is 18.0 Å². The minimum Gasteiger partial charge on any atom is -0.340 e. The van der Waals surface area contributed by atoms with Crippen molar-refractivity contribution in [3.8, 4) is 5.69 Å². The normalized spacial score (nSPS) is 14.2. The molecule has 47 heavy (non-hydrogen) atoms. The number of hydrogen-bond acceptors (Lipinski definition) is 5. The molecule has 0 saturated carbocycles. The maximum absolute atomic E-state index is 13.5. The van der Waals surface area contributed by atoms with Gasteiger partial charge in [0.25, 0.3) is 5.56 Å². The summed E-state index contributed by atoms with van der Waals surface area (Å²) in [5.41, 5.74) is 1.81. The number of benzene rings is 4. The van der Waals surface area contributed by atoms with Crippen LogP contribution in [0, 0.1) is 0 Å². The molecule has 242 valence electrons. The van der Waals surface area contributed by atoms with E-state index in [9.17, 15) is 22.8 Å². The molecule has 0 bridgehead atoms. The van der Waals surface area contributed by atoms with Crippen molar-refractivity contribution in [1.82, 2.24) is 19.4 Å². The summed E-state index contributed by atoms with van der Waals surface area (Å²) in [4.78, 5) is 35.6. The van der Waals surface area contributed by atoms with Gasteiger partial charge in [-0.3, -0.25) is 19.1 Å². The second-order valence-electron chi connectivity index (χ2n) is 11.5. The monoisotopic (exact) mass is 656 g/mol. The number of carbonyl (C=O) groups is 1. The molecule has 1 fully saturated rings. The van der Waals surface area contributed by atoms with E-state index in [1.54, 1.807) is 24.3 Å². The number of amides is 1. The van der Waals surface area contributed by atoms with E-state index in [1.165, 1.54) is 39.6 Å². The summed E-state index contributed by atoms with van der Waals surface area (Å²) < 4.78 is 41.7. The number of nitrogens with zero attached hydrogens (tertiary/aromatic N) is 4. The molecule has 1 aromatic heterocycles. The highest BCUT2D eigenvalue weighted by atomic mass is 32.2. The molecule has 1 aliphatic heterocycles. The number of hydrogen-bond donors (Lipinski definition) is 0. The third-order valence-corrected chi connectivity index (χ3v) is 9.48. The highest BCUT2D eigenvalue weighted by Gasteiger charge is 2.31. The predicted molar refractivity (Wildman–Crippen MR) is 180 cm³/mol. The van der Waals surface area contributed by atoms with Crippen LogP contribution in [0.1, 0.15) is 42.0 Å². The molecule has 0 aliphatic carbocycles. The maximum Gasteiger partial charge on any atom is 0.416 e. The first-order valence-corrected chi connectivity index (χ1v) is 16.7. The molecule has 0 N–H and O–H groups in total. The summed E-state index contributed by atoms with van der Waals surface area (Å²) in [6, 6.07) is 32.6. The van der Waals surface area contributed by atoms with Gasteiger partial charge in [-0.2, -0.15) is 13.2 Å². The van der Waals surface area contributed by atoms with Crippen LogP contribution < -0.4 is 5.56 Å². The average Bonchev–Trinajstić information content (AvgIpc) is 3.09. The van der Waals surface area contributed by atoms with Crippen LogP contribution in [0.5, 0.6) is 0 Å². The van der Waals surface area contributed by atoms with Gasteiger partial charge in [0.2, 0.25) is 5.91 Å². The minimum atomic E-state index is -4.54. The van der Waals surface area contributed by atoms with Gasteiger partial charge in [-0.25, -0.2) is 4.98 Å². The summed E-state index contributed by atoms with van der Waals surface area (Å²) in [6.07, 6.45) is -2.79. The van der Waals surface area contributed by atoms with E-state index < -0.39 is 17.3 Å². The SMILES string of the molecule is O=C(CCCCSc1nc2ccccc2c(=O)n1-c1cccc(C(F)(F)F)c1)N1CCN(C(c2ccccc2)c2ccccc2)CC1. The lowest BCUT2D eigenvalue weighted by Crippen LogP contribution is -2.49. The Hall–Kier alpha value is -4.41. The van der Waals surface area contributed by atoms with Crippen molar-refractivity contribution in [2.45, 2.75) is 36.6 Å². The summed E-state index contributed by atoms with van der Waals surface area (Å²) >= 11 is 1.31. The lowest BCUT2D eigenvalue weighted by Gasteiger charge is -2.40. The number of alkyl halides is 3. The van der Waals surface area contributed by atoms with Gasteiger partial charge in [0.1, 0.15) is 0 Å². The molecule has 1 aliphatic rings. The molecule has 6 rings (SSSR count). The Kier molecular flexibility index (Phi) is 10.1. The molecule has 0 radical (unpaired) electrons. The number of thioether (sulfide) groups is 1. The number of unbranched alkanes of at least 4 members (excludes halogenated alkanes) is 1. The maximum atomic E-state index is 13.5. The number of para-hydroxylation sites is 1. The summed E-state index contributed by atoms with van der Waals surface area (Å²) in [5, 5.41) is 0.653. The van der Waals surface area contributed by atoms with Crippen LogP contribution in [0.15, 0.2) is 119 Å². The van der Waals surface area contributed by atoms with E-state index in [0.717, 1.165) is 25.2 Å². The number of fused-ring (bicyclic) bond motifs is 1. The third kappa shape index (κ3) is 7.60. The lowest BCUT2D eigenvalue weighted by atomic mass is 9.96. The van der Waals surface area contributed by atoms with Crippen molar-refractivity contribution in [3.63, 3.8) is 0 Å². The Bertz CT molecular complexity index is 1830. The van der Waals surface area contributed by atoms with Crippen LogP contribution in [-0.2, 0) is 11.0 Å². The van der Waals surface area contributed by atoms with E-state index in [2.05, 4.69) is 58.4 Å². The number of halogens is 3. The molecule has 0 atom stereocenters. The standard InChI is InChI=1S/C37H35F3N4O2S/c38-37(39,40)29-16-11-17-30(26-29)44-35(46)31-18-7-8-19-32(31)41-36(44)47-25-10-9-20-33(45)42-21-23-43(24-22-42)34(27-12-3-1-4-13-27)28-14-5-2-6-15-28/h1-8,11-19,26,34H,9-10,20-25H2. The number of aromatic nitrogens is 2. The van der Waals surface area contributed by atoms with Crippen molar-refractivity contribution in [2.24, 2.45) is 0 Å². The van der Waals surface area contributed by atoms with E-state index in [4.69, 9.17) is 0 Å². The van der Waals surface area contributed by atoms with Crippen molar-refractivity contribution in [1.29, 1.82) is 0 Å². The summed E-state index contributed by atoms with van der Waals surface area (Å²) in [7, 11) is 0. The van der Waals surface area contributed by atoms with Gasteiger partial charge in [-0.05, 0) is 54.3 Å². The zero-order valence-electron chi connectivity index (χ0n) is 25.8. The zero-order chi connectivity index (χ0) is 32.8. The molecular weight excluding hydrogens is 621 g/mol. The topological polar surface area (TPSA) is 58.4 Å². The molecular formula is C37H35F3N4O2S.